The van der Waals surface area contributed by atoms with Crippen molar-refractivity contribution in [3.63, 3.8) is 0 Å². The summed E-state index contributed by atoms with van der Waals surface area (Å²) < 4.78 is 5.23. The van der Waals surface area contributed by atoms with Gasteiger partial charge in [0.15, 0.2) is 0 Å². The van der Waals surface area contributed by atoms with E-state index in [0.29, 0.717) is 11.5 Å². The van der Waals surface area contributed by atoms with Crippen molar-refractivity contribution in [3.8, 4) is 5.75 Å². The third-order valence-corrected chi connectivity index (χ3v) is 3.76. The van der Waals surface area contributed by atoms with E-state index in [1.807, 2.05) is 6.07 Å². The predicted molar refractivity (Wildman–Crippen MR) is 72.8 cm³/mol. The molecule has 0 aliphatic heterocycles. The van der Waals surface area contributed by atoms with Gasteiger partial charge in [-0.3, -0.25) is 0 Å². The van der Waals surface area contributed by atoms with Gasteiger partial charge in [-0.25, -0.2) is 0 Å². The zero-order chi connectivity index (χ0) is 12.5. The normalized spacial score (nSPS) is 22.5. The van der Waals surface area contributed by atoms with Crippen LogP contribution in [0.1, 0.15) is 38.7 Å². The molecule has 0 saturated heterocycles. The average Bonchev–Trinajstić information content (AvgIpc) is 2.61. The first-order valence-corrected chi connectivity index (χ1v) is 6.41. The molecule has 1 unspecified atom stereocenters. The average molecular weight is 233 g/mol. The Balaban J connectivity index is 2.04. The molecule has 1 aliphatic rings. The molecule has 0 bridgehead atoms. The molecule has 2 heteroatoms. The molecule has 17 heavy (non-hydrogen) atoms. The van der Waals surface area contributed by atoms with Crippen LogP contribution in [0.5, 0.6) is 5.75 Å². The van der Waals surface area contributed by atoms with Gasteiger partial charge in [-0.1, -0.05) is 13.8 Å². The Kier molecular flexibility index (Phi) is 3.32. The molecule has 1 aliphatic carbocycles. The molecule has 1 aromatic rings. The van der Waals surface area contributed by atoms with Gasteiger partial charge in [0.1, 0.15) is 5.75 Å². The summed E-state index contributed by atoms with van der Waals surface area (Å²) in [6, 6.07) is 6.86. The monoisotopic (exact) mass is 233 g/mol. The maximum Gasteiger partial charge on any atom is 0.119 e. The fraction of sp³-hybridized carbons (Fsp3) is 0.600. The van der Waals surface area contributed by atoms with Crippen LogP contribution >= 0.6 is 0 Å². The van der Waals surface area contributed by atoms with Gasteiger partial charge in [0.25, 0.3) is 0 Å². The van der Waals surface area contributed by atoms with Crippen LogP contribution in [0.2, 0.25) is 0 Å². The van der Waals surface area contributed by atoms with Gasteiger partial charge < -0.3 is 10.1 Å². The van der Waals surface area contributed by atoms with Crippen LogP contribution in [0, 0.1) is 12.3 Å². The molecule has 2 nitrogen and oxygen atoms in total. The van der Waals surface area contributed by atoms with Crippen molar-refractivity contribution < 1.29 is 4.74 Å². The number of hydrogen-bond donors (Lipinski definition) is 1. The summed E-state index contributed by atoms with van der Waals surface area (Å²) in [7, 11) is 1.71. The second kappa shape index (κ2) is 4.59. The van der Waals surface area contributed by atoms with Gasteiger partial charge in [0, 0.05) is 11.7 Å². The molecular weight excluding hydrogens is 210 g/mol. The van der Waals surface area contributed by atoms with Crippen molar-refractivity contribution in [1.29, 1.82) is 0 Å². The molecule has 1 aromatic carbocycles. The van der Waals surface area contributed by atoms with Crippen LogP contribution in [-0.2, 0) is 0 Å². The predicted octanol–water partition coefficient (Wildman–Crippen LogP) is 3.99. The topological polar surface area (TPSA) is 21.3 Å². The molecule has 0 radical (unpaired) electrons. The number of rotatable bonds is 3. The van der Waals surface area contributed by atoms with Crippen molar-refractivity contribution >= 4 is 5.69 Å². The highest BCUT2D eigenvalue weighted by atomic mass is 16.5. The summed E-state index contributed by atoms with van der Waals surface area (Å²) in [5, 5.41) is 3.66. The molecule has 0 heterocycles. The second-order valence-electron chi connectivity index (χ2n) is 5.93. The molecule has 1 atom stereocenters. The van der Waals surface area contributed by atoms with Crippen molar-refractivity contribution in [2.75, 3.05) is 12.4 Å². The lowest BCUT2D eigenvalue weighted by molar-refractivity contribution is 0.378. The standard InChI is InChI=1S/C15H23NO/c1-11-9-13(17-4)5-6-14(11)16-12-7-8-15(2,3)10-12/h5-6,9,12,16H,7-8,10H2,1-4H3. The van der Waals surface area contributed by atoms with Gasteiger partial charge in [0.05, 0.1) is 7.11 Å². The third-order valence-electron chi connectivity index (χ3n) is 3.76. The molecule has 1 fully saturated rings. The zero-order valence-corrected chi connectivity index (χ0v) is 11.3. The minimum atomic E-state index is 0.498. The van der Waals surface area contributed by atoms with Gasteiger partial charge in [-0.15, -0.1) is 0 Å². The largest absolute Gasteiger partial charge is 0.497 e. The number of anilines is 1. The summed E-state index contributed by atoms with van der Waals surface area (Å²) in [6.45, 7) is 6.84. The highest BCUT2D eigenvalue weighted by Crippen LogP contribution is 2.38. The lowest BCUT2D eigenvalue weighted by atomic mass is 9.92. The number of ether oxygens (including phenoxy) is 1. The summed E-state index contributed by atoms with van der Waals surface area (Å²) in [6.07, 6.45) is 3.86. The quantitative estimate of drug-likeness (QED) is 0.852. The minimum absolute atomic E-state index is 0.498. The Morgan fingerprint density at radius 3 is 2.65 bits per heavy atom. The molecule has 0 amide bonds. The third kappa shape index (κ3) is 2.93. The van der Waals surface area contributed by atoms with E-state index in [-0.39, 0.29) is 0 Å². The SMILES string of the molecule is COc1ccc(NC2CCC(C)(C)C2)c(C)c1. The molecule has 0 spiro atoms. The van der Waals surface area contributed by atoms with Crippen molar-refractivity contribution in [2.24, 2.45) is 5.41 Å². The number of aryl methyl sites for hydroxylation is 1. The first kappa shape index (κ1) is 12.3. The van der Waals surface area contributed by atoms with Crippen LogP contribution in [-0.4, -0.2) is 13.2 Å². The van der Waals surface area contributed by atoms with Crippen LogP contribution in [0.3, 0.4) is 0 Å². The van der Waals surface area contributed by atoms with Crippen LogP contribution in [0.15, 0.2) is 18.2 Å². The van der Waals surface area contributed by atoms with Crippen LogP contribution in [0.25, 0.3) is 0 Å². The smallest absolute Gasteiger partial charge is 0.119 e. The molecule has 1 N–H and O–H groups in total. The van der Waals surface area contributed by atoms with E-state index in [2.05, 4.69) is 38.2 Å². The van der Waals surface area contributed by atoms with E-state index in [9.17, 15) is 0 Å². The minimum Gasteiger partial charge on any atom is -0.497 e. The van der Waals surface area contributed by atoms with E-state index in [0.717, 1.165) is 5.75 Å². The molecule has 2 rings (SSSR count). The number of nitrogens with one attached hydrogen (secondary N) is 1. The molecule has 94 valence electrons. The highest BCUT2D eigenvalue weighted by molar-refractivity contribution is 5.54. The van der Waals surface area contributed by atoms with Gasteiger partial charge in [0.2, 0.25) is 0 Å². The summed E-state index contributed by atoms with van der Waals surface area (Å²) in [4.78, 5) is 0. The Hall–Kier alpha value is -1.18. The van der Waals surface area contributed by atoms with Crippen molar-refractivity contribution in [2.45, 2.75) is 46.1 Å². The molecule has 0 aromatic heterocycles. The molecular formula is C15H23NO. The van der Waals surface area contributed by atoms with E-state index in [4.69, 9.17) is 4.74 Å². The van der Waals surface area contributed by atoms with E-state index >= 15 is 0 Å². The summed E-state index contributed by atoms with van der Waals surface area (Å²) in [5.74, 6) is 0.930. The Morgan fingerprint density at radius 1 is 1.35 bits per heavy atom. The van der Waals surface area contributed by atoms with Crippen LogP contribution in [0.4, 0.5) is 5.69 Å². The first-order valence-electron chi connectivity index (χ1n) is 6.41. The van der Waals surface area contributed by atoms with Crippen molar-refractivity contribution in [1.82, 2.24) is 0 Å². The summed E-state index contributed by atoms with van der Waals surface area (Å²) >= 11 is 0. The number of benzene rings is 1. The Bertz CT molecular complexity index is 398. The highest BCUT2D eigenvalue weighted by Gasteiger charge is 2.30. The zero-order valence-electron chi connectivity index (χ0n) is 11.3. The van der Waals surface area contributed by atoms with Gasteiger partial charge in [-0.2, -0.15) is 0 Å². The fourth-order valence-electron chi connectivity index (χ4n) is 2.70. The fourth-order valence-corrected chi connectivity index (χ4v) is 2.70. The first-order chi connectivity index (χ1) is 8.00. The summed E-state index contributed by atoms with van der Waals surface area (Å²) in [5.41, 5.74) is 3.00. The van der Waals surface area contributed by atoms with Crippen LogP contribution < -0.4 is 10.1 Å². The maximum absolute atomic E-state index is 5.23. The van der Waals surface area contributed by atoms with Crippen molar-refractivity contribution in [3.05, 3.63) is 23.8 Å². The lowest BCUT2D eigenvalue weighted by Gasteiger charge is -2.19. The Labute approximate surface area is 104 Å². The lowest BCUT2D eigenvalue weighted by Crippen LogP contribution is -2.18. The van der Waals surface area contributed by atoms with Gasteiger partial charge >= 0.3 is 0 Å². The molecule has 1 saturated carbocycles. The van der Waals surface area contributed by atoms with Gasteiger partial charge in [-0.05, 0) is 55.4 Å². The number of hydrogen-bond acceptors (Lipinski definition) is 2. The van der Waals surface area contributed by atoms with E-state index < -0.39 is 0 Å². The van der Waals surface area contributed by atoms with E-state index in [1.165, 1.54) is 30.5 Å². The second-order valence-corrected chi connectivity index (χ2v) is 5.93. The Morgan fingerprint density at radius 2 is 2.12 bits per heavy atom. The van der Waals surface area contributed by atoms with E-state index in [1.54, 1.807) is 7.11 Å². The maximum atomic E-state index is 5.23. The number of methoxy groups -OCH3 is 1.